The van der Waals surface area contributed by atoms with Crippen LogP contribution in [-0.2, 0) is 18.3 Å². The zero-order valence-corrected chi connectivity index (χ0v) is 13.1. The highest BCUT2D eigenvalue weighted by Gasteiger charge is 2.18. The molecule has 20 heavy (non-hydrogen) atoms. The Balaban J connectivity index is 2.50. The van der Waals surface area contributed by atoms with Gasteiger partial charge in [-0.25, -0.2) is 0 Å². The van der Waals surface area contributed by atoms with Gasteiger partial charge in [-0.15, -0.1) is 0 Å². The lowest BCUT2D eigenvalue weighted by atomic mass is 10.1. The van der Waals surface area contributed by atoms with Crippen molar-refractivity contribution in [2.45, 2.75) is 13.3 Å². The zero-order valence-electron chi connectivity index (χ0n) is 11.5. The van der Waals surface area contributed by atoms with Crippen molar-refractivity contribution in [3.8, 4) is 17.0 Å². The van der Waals surface area contributed by atoms with Crippen LogP contribution in [0.2, 0.25) is 0 Å². The molecule has 0 amide bonds. The van der Waals surface area contributed by atoms with Crippen molar-refractivity contribution in [3.63, 3.8) is 0 Å². The van der Waals surface area contributed by atoms with Crippen molar-refractivity contribution in [1.82, 2.24) is 9.78 Å². The molecular weight excluding hydrogens is 324 g/mol. The van der Waals surface area contributed by atoms with Gasteiger partial charge in [0.25, 0.3) is 0 Å². The summed E-state index contributed by atoms with van der Waals surface area (Å²) in [5.74, 6) is -0.0842. The van der Waals surface area contributed by atoms with Gasteiger partial charge in [-0.3, -0.25) is 9.48 Å². The van der Waals surface area contributed by atoms with E-state index in [1.54, 1.807) is 18.8 Å². The number of aromatic nitrogens is 2. The molecule has 0 aliphatic heterocycles. The van der Waals surface area contributed by atoms with Gasteiger partial charge in [-0.05, 0) is 46.6 Å². The number of carboxylic acids is 1. The lowest BCUT2D eigenvalue weighted by Crippen LogP contribution is -2.02. The van der Waals surface area contributed by atoms with E-state index in [9.17, 15) is 4.79 Å². The molecule has 2 aromatic rings. The predicted octanol–water partition coefficient (Wildman–Crippen LogP) is 2.79. The third kappa shape index (κ3) is 2.70. The molecule has 6 heteroatoms. The van der Waals surface area contributed by atoms with E-state index in [0.717, 1.165) is 22.6 Å². The molecule has 1 heterocycles. The number of carbonyl (C=O) groups is 1. The summed E-state index contributed by atoms with van der Waals surface area (Å²) >= 11 is 3.45. The second-order valence-corrected chi connectivity index (χ2v) is 5.28. The SMILES string of the molecule is COc1ccc(-c2c(Br)c(CC(=O)O)nn2C)cc1C. The molecule has 0 fully saturated rings. The molecule has 1 aromatic heterocycles. The lowest BCUT2D eigenvalue weighted by Gasteiger charge is -2.08. The van der Waals surface area contributed by atoms with E-state index in [0.29, 0.717) is 10.2 Å². The number of halogens is 1. The third-order valence-corrected chi connectivity index (χ3v) is 3.88. The highest BCUT2D eigenvalue weighted by Crippen LogP contribution is 2.33. The molecule has 0 unspecified atom stereocenters. The van der Waals surface area contributed by atoms with Gasteiger partial charge >= 0.3 is 5.97 Å². The Hall–Kier alpha value is -1.82. The minimum Gasteiger partial charge on any atom is -0.496 e. The van der Waals surface area contributed by atoms with Crippen molar-refractivity contribution in [1.29, 1.82) is 0 Å². The molecule has 0 aliphatic carbocycles. The van der Waals surface area contributed by atoms with Crippen molar-refractivity contribution < 1.29 is 14.6 Å². The zero-order chi connectivity index (χ0) is 14.9. The number of carboxylic acid groups (broad SMARTS) is 1. The second-order valence-electron chi connectivity index (χ2n) is 4.49. The highest BCUT2D eigenvalue weighted by atomic mass is 79.9. The maximum atomic E-state index is 10.8. The summed E-state index contributed by atoms with van der Waals surface area (Å²) in [6.07, 6.45) is -0.108. The Morgan fingerprint density at radius 2 is 2.20 bits per heavy atom. The van der Waals surface area contributed by atoms with Gasteiger partial charge in [0, 0.05) is 12.6 Å². The average Bonchev–Trinajstić information content (AvgIpc) is 2.63. The number of ether oxygens (including phenoxy) is 1. The standard InChI is InChI=1S/C14H15BrN2O3/c1-8-6-9(4-5-11(8)20-3)14-13(15)10(7-12(18)19)16-17(14)2/h4-6H,7H2,1-3H3,(H,18,19). The molecule has 106 valence electrons. The van der Waals surface area contributed by atoms with Crippen molar-refractivity contribution in [3.05, 3.63) is 33.9 Å². The lowest BCUT2D eigenvalue weighted by molar-refractivity contribution is -0.136. The minimum absolute atomic E-state index is 0.108. The van der Waals surface area contributed by atoms with Gasteiger partial charge in [-0.2, -0.15) is 5.10 Å². The number of hydrogen-bond donors (Lipinski definition) is 1. The summed E-state index contributed by atoms with van der Waals surface area (Å²) in [6, 6.07) is 5.81. The molecule has 5 nitrogen and oxygen atoms in total. The summed E-state index contributed by atoms with van der Waals surface area (Å²) in [4.78, 5) is 10.8. The van der Waals surface area contributed by atoms with Crippen LogP contribution in [0.1, 0.15) is 11.3 Å². The largest absolute Gasteiger partial charge is 0.496 e. The van der Waals surface area contributed by atoms with E-state index in [2.05, 4.69) is 21.0 Å². The second kappa shape index (κ2) is 5.66. The fourth-order valence-electron chi connectivity index (χ4n) is 2.15. The van der Waals surface area contributed by atoms with E-state index in [1.807, 2.05) is 25.1 Å². The fraction of sp³-hybridized carbons (Fsp3) is 0.286. The Morgan fingerprint density at radius 3 is 2.75 bits per heavy atom. The monoisotopic (exact) mass is 338 g/mol. The topological polar surface area (TPSA) is 64.3 Å². The van der Waals surface area contributed by atoms with E-state index in [4.69, 9.17) is 9.84 Å². The van der Waals surface area contributed by atoms with Gasteiger partial charge in [-0.1, -0.05) is 0 Å². The summed E-state index contributed by atoms with van der Waals surface area (Å²) in [6.45, 7) is 1.96. The van der Waals surface area contributed by atoms with E-state index in [1.165, 1.54) is 0 Å². The van der Waals surface area contributed by atoms with Gasteiger partial charge in [0.1, 0.15) is 5.75 Å². The van der Waals surface area contributed by atoms with Crippen molar-refractivity contribution in [2.24, 2.45) is 7.05 Å². The number of rotatable bonds is 4. The summed E-state index contributed by atoms with van der Waals surface area (Å²) in [5.41, 5.74) is 3.34. The van der Waals surface area contributed by atoms with E-state index >= 15 is 0 Å². The molecule has 0 bridgehead atoms. The minimum atomic E-state index is -0.902. The summed E-state index contributed by atoms with van der Waals surface area (Å²) in [5, 5.41) is 13.1. The number of nitrogens with zero attached hydrogens (tertiary/aromatic N) is 2. The van der Waals surface area contributed by atoms with Crippen LogP contribution >= 0.6 is 15.9 Å². The molecule has 0 spiro atoms. The van der Waals surface area contributed by atoms with Crippen LogP contribution in [0.4, 0.5) is 0 Å². The summed E-state index contributed by atoms with van der Waals surface area (Å²) in [7, 11) is 3.43. The predicted molar refractivity (Wildman–Crippen MR) is 79.0 cm³/mol. The normalized spacial score (nSPS) is 10.6. The first-order valence-electron chi connectivity index (χ1n) is 6.02. The Labute approximate surface area is 125 Å². The molecular formula is C14H15BrN2O3. The quantitative estimate of drug-likeness (QED) is 0.930. The third-order valence-electron chi connectivity index (χ3n) is 3.04. The Bertz CT molecular complexity index is 665. The maximum Gasteiger partial charge on any atom is 0.309 e. The first kappa shape index (κ1) is 14.6. The molecule has 0 aliphatic rings. The van der Waals surface area contributed by atoms with Crippen LogP contribution in [0.25, 0.3) is 11.3 Å². The Kier molecular flexibility index (Phi) is 4.13. The number of aryl methyl sites for hydroxylation is 2. The number of aliphatic carboxylic acids is 1. The van der Waals surface area contributed by atoms with Crippen LogP contribution in [0.5, 0.6) is 5.75 Å². The molecule has 1 N–H and O–H groups in total. The van der Waals surface area contributed by atoms with Gasteiger partial charge < -0.3 is 9.84 Å². The molecule has 0 saturated carbocycles. The molecule has 0 radical (unpaired) electrons. The van der Waals surface area contributed by atoms with Gasteiger partial charge in [0.05, 0.1) is 29.4 Å². The fourth-order valence-corrected chi connectivity index (χ4v) is 2.85. The van der Waals surface area contributed by atoms with Crippen LogP contribution in [0, 0.1) is 6.92 Å². The van der Waals surface area contributed by atoms with Crippen molar-refractivity contribution in [2.75, 3.05) is 7.11 Å². The van der Waals surface area contributed by atoms with Crippen LogP contribution in [0.15, 0.2) is 22.7 Å². The first-order valence-corrected chi connectivity index (χ1v) is 6.81. The van der Waals surface area contributed by atoms with Crippen LogP contribution < -0.4 is 4.74 Å². The molecule has 2 rings (SSSR count). The highest BCUT2D eigenvalue weighted by molar-refractivity contribution is 9.10. The Morgan fingerprint density at radius 1 is 1.50 bits per heavy atom. The number of hydrogen-bond acceptors (Lipinski definition) is 3. The van der Waals surface area contributed by atoms with E-state index < -0.39 is 5.97 Å². The molecule has 0 saturated heterocycles. The average molecular weight is 339 g/mol. The van der Waals surface area contributed by atoms with E-state index in [-0.39, 0.29) is 6.42 Å². The van der Waals surface area contributed by atoms with Gasteiger partial charge in [0.15, 0.2) is 0 Å². The molecule has 0 atom stereocenters. The maximum absolute atomic E-state index is 10.8. The van der Waals surface area contributed by atoms with Crippen molar-refractivity contribution >= 4 is 21.9 Å². The smallest absolute Gasteiger partial charge is 0.309 e. The van der Waals surface area contributed by atoms with Crippen LogP contribution in [0.3, 0.4) is 0 Å². The summed E-state index contributed by atoms with van der Waals surface area (Å²) < 4.78 is 7.64. The van der Waals surface area contributed by atoms with Gasteiger partial charge in [0.2, 0.25) is 0 Å². The first-order chi connectivity index (χ1) is 9.43. The van der Waals surface area contributed by atoms with Crippen LogP contribution in [-0.4, -0.2) is 28.0 Å². The number of methoxy groups -OCH3 is 1. The molecule has 1 aromatic carbocycles. The number of benzene rings is 1.